The van der Waals surface area contributed by atoms with Gasteiger partial charge in [-0.1, -0.05) is 13.0 Å². The first-order valence-electron chi connectivity index (χ1n) is 9.51. The molecule has 0 spiro atoms. The van der Waals surface area contributed by atoms with Gasteiger partial charge in [-0.3, -0.25) is 4.99 Å². The number of nitrogens with one attached hydrogen (secondary N) is 1. The number of rotatable bonds is 7. The average molecular weight is 516 g/mol. The zero-order valence-electron chi connectivity index (χ0n) is 16.7. The summed E-state index contributed by atoms with van der Waals surface area (Å²) in [4.78, 5) is 12.7. The van der Waals surface area contributed by atoms with Crippen molar-refractivity contribution < 1.29 is 9.47 Å². The lowest BCUT2D eigenvalue weighted by Crippen LogP contribution is -2.38. The van der Waals surface area contributed by atoms with Gasteiger partial charge in [-0.15, -0.1) is 35.3 Å². The second kappa shape index (κ2) is 11.5. The van der Waals surface area contributed by atoms with Gasteiger partial charge in [0.05, 0.1) is 5.01 Å². The summed E-state index contributed by atoms with van der Waals surface area (Å²) >= 11 is 1.78. The molecule has 3 rings (SSSR count). The van der Waals surface area contributed by atoms with Crippen LogP contribution in [0.4, 0.5) is 0 Å². The molecular weight excluding hydrogens is 487 g/mol. The number of aryl methyl sites for hydroxylation is 1. The molecule has 0 saturated carbocycles. The second-order valence-electron chi connectivity index (χ2n) is 6.39. The monoisotopic (exact) mass is 516 g/mol. The van der Waals surface area contributed by atoms with E-state index in [4.69, 9.17) is 14.5 Å². The highest BCUT2D eigenvalue weighted by atomic mass is 127. The van der Waals surface area contributed by atoms with Crippen LogP contribution < -0.4 is 14.8 Å². The van der Waals surface area contributed by atoms with Crippen LogP contribution in [0.5, 0.6) is 11.5 Å². The molecule has 0 bridgehead atoms. The lowest BCUT2D eigenvalue weighted by molar-refractivity contribution is 0.171. The highest BCUT2D eigenvalue weighted by molar-refractivity contribution is 14.0. The molecule has 0 fully saturated rings. The minimum absolute atomic E-state index is 0. The Morgan fingerprint density at radius 3 is 2.75 bits per heavy atom. The second-order valence-corrected chi connectivity index (χ2v) is 7.59. The quantitative estimate of drug-likeness (QED) is 0.345. The Labute approximate surface area is 188 Å². The third-order valence-corrected chi connectivity index (χ3v) is 5.46. The Kier molecular flexibility index (Phi) is 9.30. The van der Waals surface area contributed by atoms with Gasteiger partial charge in [0.15, 0.2) is 17.5 Å². The number of fused-ring (bicyclic) bond motifs is 1. The fourth-order valence-electron chi connectivity index (χ4n) is 2.89. The van der Waals surface area contributed by atoms with Crippen molar-refractivity contribution in [1.82, 2.24) is 15.2 Å². The summed E-state index contributed by atoms with van der Waals surface area (Å²) in [6.07, 6.45) is 3.89. The summed E-state index contributed by atoms with van der Waals surface area (Å²) in [7, 11) is 2.05. The normalized spacial score (nSPS) is 13.0. The van der Waals surface area contributed by atoms with E-state index in [1.165, 1.54) is 10.4 Å². The molecule has 154 valence electrons. The summed E-state index contributed by atoms with van der Waals surface area (Å²) in [5, 5.41) is 4.52. The van der Waals surface area contributed by atoms with E-state index in [0.29, 0.717) is 13.2 Å². The summed E-state index contributed by atoms with van der Waals surface area (Å²) in [6, 6.07) is 6.11. The smallest absolute Gasteiger partial charge is 0.193 e. The average Bonchev–Trinajstić information content (AvgIpc) is 3.15. The highest BCUT2D eigenvalue weighted by Gasteiger charge is 2.13. The number of hydrogen-bond acceptors (Lipinski definition) is 5. The first kappa shape index (κ1) is 22.7. The summed E-state index contributed by atoms with van der Waals surface area (Å²) < 4.78 is 11.3. The number of guanidine groups is 1. The third kappa shape index (κ3) is 6.23. The third-order valence-electron chi connectivity index (χ3n) is 4.26. The molecule has 1 aromatic carbocycles. The maximum absolute atomic E-state index is 5.68. The van der Waals surface area contributed by atoms with E-state index in [-0.39, 0.29) is 24.0 Å². The lowest BCUT2D eigenvalue weighted by atomic mass is 10.2. The minimum Gasteiger partial charge on any atom is -0.486 e. The van der Waals surface area contributed by atoms with Gasteiger partial charge in [-0.25, -0.2) is 4.98 Å². The number of ether oxygens (including phenoxy) is 2. The van der Waals surface area contributed by atoms with Crippen molar-refractivity contribution in [3.63, 3.8) is 0 Å². The van der Waals surface area contributed by atoms with Gasteiger partial charge in [0, 0.05) is 44.2 Å². The van der Waals surface area contributed by atoms with Crippen molar-refractivity contribution in [3.8, 4) is 11.5 Å². The lowest BCUT2D eigenvalue weighted by Gasteiger charge is -2.23. The van der Waals surface area contributed by atoms with Crippen LogP contribution in [0, 0.1) is 0 Å². The molecule has 1 aromatic heterocycles. The number of aromatic nitrogens is 1. The molecule has 8 heteroatoms. The van der Waals surface area contributed by atoms with Gasteiger partial charge in [-0.2, -0.15) is 0 Å². The van der Waals surface area contributed by atoms with E-state index in [0.717, 1.165) is 54.9 Å². The highest BCUT2D eigenvalue weighted by Crippen LogP contribution is 2.31. The van der Waals surface area contributed by atoms with Crippen molar-refractivity contribution in [2.45, 2.75) is 33.2 Å². The van der Waals surface area contributed by atoms with E-state index >= 15 is 0 Å². The van der Waals surface area contributed by atoms with Crippen molar-refractivity contribution in [2.24, 2.45) is 4.99 Å². The van der Waals surface area contributed by atoms with E-state index < -0.39 is 0 Å². The predicted octanol–water partition coefficient (Wildman–Crippen LogP) is 3.73. The number of halogens is 1. The Bertz CT molecular complexity index is 781. The fraction of sp³-hybridized carbons (Fsp3) is 0.500. The van der Waals surface area contributed by atoms with Crippen LogP contribution in [0.25, 0.3) is 0 Å². The number of thiazole rings is 1. The van der Waals surface area contributed by atoms with Gasteiger partial charge in [0.2, 0.25) is 0 Å². The van der Waals surface area contributed by atoms with Crippen LogP contribution in [0.1, 0.15) is 29.3 Å². The first-order valence-corrected chi connectivity index (χ1v) is 10.3. The van der Waals surface area contributed by atoms with Gasteiger partial charge in [-0.05, 0) is 31.0 Å². The van der Waals surface area contributed by atoms with E-state index in [9.17, 15) is 0 Å². The van der Waals surface area contributed by atoms with Crippen LogP contribution in [-0.2, 0) is 19.4 Å². The van der Waals surface area contributed by atoms with E-state index in [1.54, 1.807) is 11.3 Å². The van der Waals surface area contributed by atoms with Crippen LogP contribution >= 0.6 is 35.3 Å². The fourth-order valence-corrected chi connectivity index (χ4v) is 3.74. The van der Waals surface area contributed by atoms with Crippen molar-refractivity contribution >= 4 is 41.3 Å². The van der Waals surface area contributed by atoms with Crippen LogP contribution in [0.3, 0.4) is 0 Å². The van der Waals surface area contributed by atoms with Crippen molar-refractivity contribution in [1.29, 1.82) is 0 Å². The van der Waals surface area contributed by atoms with Crippen molar-refractivity contribution in [2.75, 3.05) is 33.4 Å². The molecule has 28 heavy (non-hydrogen) atoms. The SMILES string of the molecule is CCNC(=NCCc1ncc(CC)s1)N(C)Cc1ccc2c(c1)OCCO2.I. The molecule has 1 aliphatic rings. The molecule has 0 amide bonds. The number of aliphatic imine (C=N–C) groups is 1. The zero-order valence-corrected chi connectivity index (χ0v) is 19.9. The Morgan fingerprint density at radius 2 is 2.04 bits per heavy atom. The Morgan fingerprint density at radius 1 is 1.25 bits per heavy atom. The van der Waals surface area contributed by atoms with Gasteiger partial charge >= 0.3 is 0 Å². The largest absolute Gasteiger partial charge is 0.486 e. The van der Waals surface area contributed by atoms with E-state index in [2.05, 4.69) is 48.2 Å². The number of nitrogens with zero attached hydrogens (tertiary/aromatic N) is 3. The van der Waals surface area contributed by atoms with Crippen molar-refractivity contribution in [3.05, 3.63) is 39.8 Å². The van der Waals surface area contributed by atoms with Crippen LogP contribution in [0.15, 0.2) is 29.4 Å². The summed E-state index contributed by atoms with van der Waals surface area (Å²) in [6.45, 7) is 7.77. The number of hydrogen-bond donors (Lipinski definition) is 1. The van der Waals surface area contributed by atoms with Gasteiger partial charge in [0.1, 0.15) is 13.2 Å². The Balaban J connectivity index is 0.00000280. The molecular formula is C20H29IN4O2S. The molecule has 1 aliphatic heterocycles. The molecule has 0 aliphatic carbocycles. The van der Waals surface area contributed by atoms with Crippen LogP contribution in [-0.4, -0.2) is 49.2 Å². The summed E-state index contributed by atoms with van der Waals surface area (Å²) in [5.74, 6) is 2.55. The molecule has 6 nitrogen and oxygen atoms in total. The molecule has 0 unspecified atom stereocenters. The van der Waals surface area contributed by atoms with Gasteiger partial charge < -0.3 is 19.7 Å². The molecule has 0 radical (unpaired) electrons. The Hall–Kier alpha value is -1.55. The standard InChI is InChI=1S/C20H28N4O2S.HI/c1-4-16-13-23-19(27-16)8-9-22-20(21-5-2)24(3)14-15-6-7-17-18(12-15)26-11-10-25-17;/h6-7,12-13H,4-5,8-11,14H2,1-3H3,(H,21,22);1H. The minimum atomic E-state index is 0. The molecule has 0 saturated heterocycles. The maximum atomic E-state index is 5.68. The van der Waals surface area contributed by atoms with Gasteiger partial charge in [0.25, 0.3) is 0 Å². The molecule has 0 atom stereocenters. The summed E-state index contributed by atoms with van der Waals surface area (Å²) in [5.41, 5.74) is 1.17. The number of benzene rings is 1. The maximum Gasteiger partial charge on any atom is 0.193 e. The molecule has 2 heterocycles. The molecule has 1 N–H and O–H groups in total. The zero-order chi connectivity index (χ0) is 19.1. The first-order chi connectivity index (χ1) is 13.2. The topological polar surface area (TPSA) is 59.0 Å². The molecule has 2 aromatic rings. The van der Waals surface area contributed by atoms with E-state index in [1.807, 2.05) is 12.3 Å². The van der Waals surface area contributed by atoms with Crippen LogP contribution in [0.2, 0.25) is 0 Å². The predicted molar refractivity (Wildman–Crippen MR) is 125 cm³/mol.